The first kappa shape index (κ1) is 16.9. The molecule has 1 rings (SSSR count). The highest BCUT2D eigenvalue weighted by molar-refractivity contribution is 5.26. The van der Waals surface area contributed by atoms with E-state index in [4.69, 9.17) is 0 Å². The molecule has 0 bridgehead atoms. The van der Waals surface area contributed by atoms with Crippen LogP contribution in [0.1, 0.15) is 37.0 Å². The van der Waals surface area contributed by atoms with Gasteiger partial charge in [0.2, 0.25) is 0 Å². The number of benzene rings is 1. The summed E-state index contributed by atoms with van der Waals surface area (Å²) in [6, 6.07) is 7.09. The molecule has 0 aliphatic rings. The summed E-state index contributed by atoms with van der Waals surface area (Å²) in [5, 5.41) is 12.0. The van der Waals surface area contributed by atoms with Crippen LogP contribution in [0.4, 0.5) is 17.6 Å². The van der Waals surface area contributed by atoms with Crippen molar-refractivity contribution in [3.63, 3.8) is 0 Å². The van der Waals surface area contributed by atoms with Gasteiger partial charge < -0.3 is 10.4 Å². The van der Waals surface area contributed by atoms with Crippen LogP contribution in [0.3, 0.4) is 0 Å². The minimum Gasteiger partial charge on any atom is -0.387 e. The molecule has 0 aliphatic carbocycles. The zero-order chi connectivity index (χ0) is 15.3. The van der Waals surface area contributed by atoms with Gasteiger partial charge >= 0.3 is 12.3 Å². The lowest BCUT2D eigenvalue weighted by Gasteiger charge is -2.18. The van der Waals surface area contributed by atoms with Gasteiger partial charge in [0.05, 0.1) is 12.6 Å². The van der Waals surface area contributed by atoms with Crippen LogP contribution in [0.25, 0.3) is 0 Å². The molecule has 0 amide bonds. The lowest BCUT2D eigenvalue weighted by Crippen LogP contribution is -2.40. The number of aliphatic hydroxyl groups is 1. The fourth-order valence-corrected chi connectivity index (χ4v) is 1.67. The Bertz CT molecular complexity index is 406. The van der Waals surface area contributed by atoms with Crippen molar-refractivity contribution in [2.75, 3.05) is 13.1 Å². The zero-order valence-corrected chi connectivity index (χ0v) is 11.4. The first-order valence-corrected chi connectivity index (χ1v) is 6.38. The van der Waals surface area contributed by atoms with Gasteiger partial charge in [0, 0.05) is 6.54 Å². The summed E-state index contributed by atoms with van der Waals surface area (Å²) in [5.41, 5.74) is 1.65. The Morgan fingerprint density at radius 2 is 1.60 bits per heavy atom. The van der Waals surface area contributed by atoms with Gasteiger partial charge in [-0.05, 0) is 17.0 Å². The number of halogens is 4. The van der Waals surface area contributed by atoms with Crippen molar-refractivity contribution in [3.8, 4) is 0 Å². The average Bonchev–Trinajstić information content (AvgIpc) is 2.38. The van der Waals surface area contributed by atoms with Gasteiger partial charge in [-0.25, -0.2) is 8.78 Å². The number of aliphatic hydroxyl groups excluding tert-OH is 1. The van der Waals surface area contributed by atoms with Crippen LogP contribution in [0.5, 0.6) is 0 Å². The van der Waals surface area contributed by atoms with Crippen molar-refractivity contribution >= 4 is 0 Å². The molecule has 2 N–H and O–H groups in total. The minimum absolute atomic E-state index is 0.205. The summed E-state index contributed by atoms with van der Waals surface area (Å²) >= 11 is 0. The average molecular weight is 293 g/mol. The summed E-state index contributed by atoms with van der Waals surface area (Å²) in [6.07, 6.45) is -4.72. The smallest absolute Gasteiger partial charge is 0.319 e. The maximum Gasteiger partial charge on any atom is 0.319 e. The highest BCUT2D eigenvalue weighted by Crippen LogP contribution is 2.22. The van der Waals surface area contributed by atoms with E-state index < -0.39 is 25.0 Å². The maximum absolute atomic E-state index is 12.6. The molecule has 0 saturated heterocycles. The number of alkyl halides is 4. The van der Waals surface area contributed by atoms with Crippen molar-refractivity contribution in [2.24, 2.45) is 0 Å². The Hall–Kier alpha value is -1.14. The zero-order valence-electron chi connectivity index (χ0n) is 11.4. The minimum atomic E-state index is -4.08. The van der Waals surface area contributed by atoms with Crippen LogP contribution in [-0.2, 0) is 0 Å². The second-order valence-electron chi connectivity index (χ2n) is 5.03. The molecule has 1 aromatic carbocycles. The molecule has 114 valence electrons. The lowest BCUT2D eigenvalue weighted by atomic mass is 10.00. The third kappa shape index (κ3) is 4.76. The van der Waals surface area contributed by atoms with Crippen LogP contribution < -0.4 is 5.32 Å². The van der Waals surface area contributed by atoms with E-state index in [0.29, 0.717) is 11.5 Å². The molecule has 1 unspecified atom stereocenters. The van der Waals surface area contributed by atoms with Crippen molar-refractivity contribution in [2.45, 2.75) is 38.2 Å². The maximum atomic E-state index is 12.6. The Morgan fingerprint density at radius 3 is 2.05 bits per heavy atom. The Labute approximate surface area is 115 Å². The van der Waals surface area contributed by atoms with E-state index >= 15 is 0 Å². The van der Waals surface area contributed by atoms with Gasteiger partial charge in [-0.3, -0.25) is 0 Å². The van der Waals surface area contributed by atoms with Crippen LogP contribution in [-0.4, -0.2) is 30.5 Å². The molecule has 0 spiro atoms. The van der Waals surface area contributed by atoms with Gasteiger partial charge in [0.1, 0.15) is 0 Å². The molecule has 0 heterocycles. The highest BCUT2D eigenvalue weighted by atomic mass is 19.3. The first-order chi connectivity index (χ1) is 9.24. The third-order valence-electron chi connectivity index (χ3n) is 3.01. The van der Waals surface area contributed by atoms with Gasteiger partial charge in [-0.15, -0.1) is 0 Å². The van der Waals surface area contributed by atoms with Gasteiger partial charge in [0.15, 0.2) is 0 Å². The largest absolute Gasteiger partial charge is 0.387 e. The summed E-state index contributed by atoms with van der Waals surface area (Å²) in [5.74, 6) is -3.73. The first-order valence-electron chi connectivity index (χ1n) is 6.38. The Morgan fingerprint density at radius 1 is 1.10 bits per heavy atom. The van der Waals surface area contributed by atoms with Gasteiger partial charge in [0.25, 0.3) is 0 Å². The summed E-state index contributed by atoms with van der Waals surface area (Å²) in [7, 11) is 0. The quantitative estimate of drug-likeness (QED) is 0.756. The Kier molecular flexibility index (Phi) is 5.95. The van der Waals surface area contributed by atoms with Crippen LogP contribution in [0, 0.1) is 0 Å². The number of nitrogens with one attached hydrogen (secondary N) is 1. The topological polar surface area (TPSA) is 32.3 Å². The lowest BCUT2D eigenvalue weighted by molar-refractivity contribution is -0.125. The summed E-state index contributed by atoms with van der Waals surface area (Å²) < 4.78 is 49.1. The fraction of sp³-hybridized carbons (Fsp3) is 0.571. The molecule has 20 heavy (non-hydrogen) atoms. The number of hydrogen-bond donors (Lipinski definition) is 2. The van der Waals surface area contributed by atoms with E-state index in [0.717, 1.165) is 5.56 Å². The molecule has 0 aliphatic heterocycles. The van der Waals surface area contributed by atoms with E-state index in [1.807, 2.05) is 26.0 Å². The van der Waals surface area contributed by atoms with E-state index in [2.05, 4.69) is 5.32 Å². The van der Waals surface area contributed by atoms with Crippen molar-refractivity contribution in [1.82, 2.24) is 5.32 Å². The van der Waals surface area contributed by atoms with Crippen molar-refractivity contribution < 1.29 is 22.7 Å². The summed E-state index contributed by atoms with van der Waals surface area (Å²) in [4.78, 5) is 0. The van der Waals surface area contributed by atoms with Crippen LogP contribution in [0.2, 0.25) is 0 Å². The third-order valence-corrected chi connectivity index (χ3v) is 3.01. The Balaban J connectivity index is 2.49. The number of rotatable bonds is 7. The van der Waals surface area contributed by atoms with Crippen molar-refractivity contribution in [1.29, 1.82) is 0 Å². The highest BCUT2D eigenvalue weighted by Gasteiger charge is 2.40. The SMILES string of the molecule is CC(C)c1ccc(C(O)CNCC(F)(F)C(F)F)cc1. The van der Waals surface area contributed by atoms with Crippen LogP contribution in [0.15, 0.2) is 24.3 Å². The van der Waals surface area contributed by atoms with E-state index in [1.54, 1.807) is 12.1 Å². The monoisotopic (exact) mass is 293 g/mol. The van der Waals surface area contributed by atoms with Gasteiger partial charge in [-0.2, -0.15) is 8.78 Å². The normalized spacial score (nSPS) is 14.1. The number of hydrogen-bond acceptors (Lipinski definition) is 2. The van der Waals surface area contributed by atoms with Gasteiger partial charge in [-0.1, -0.05) is 38.1 Å². The predicted octanol–water partition coefficient (Wildman–Crippen LogP) is 3.33. The molecule has 6 heteroatoms. The standard InChI is InChI=1S/C14H19F4NO/c1-9(2)10-3-5-11(6-4-10)12(20)7-19-8-14(17,18)13(15)16/h3-6,9,12-13,19-20H,7-8H2,1-2H3. The van der Waals surface area contributed by atoms with E-state index in [1.165, 1.54) is 0 Å². The molecule has 1 atom stereocenters. The fourth-order valence-electron chi connectivity index (χ4n) is 1.67. The van der Waals surface area contributed by atoms with Crippen molar-refractivity contribution in [3.05, 3.63) is 35.4 Å². The second-order valence-corrected chi connectivity index (χ2v) is 5.03. The van der Waals surface area contributed by atoms with E-state index in [-0.39, 0.29) is 6.54 Å². The molecular formula is C14H19F4NO. The molecule has 2 nitrogen and oxygen atoms in total. The summed E-state index contributed by atoms with van der Waals surface area (Å²) in [6.45, 7) is 2.69. The molecule has 0 fully saturated rings. The molecule has 1 aromatic rings. The molecule has 0 saturated carbocycles. The van der Waals surface area contributed by atoms with Crippen LogP contribution >= 0.6 is 0 Å². The second kappa shape index (κ2) is 7.04. The molecule has 0 aromatic heterocycles. The molecular weight excluding hydrogens is 274 g/mol. The van der Waals surface area contributed by atoms with E-state index in [9.17, 15) is 22.7 Å². The molecule has 0 radical (unpaired) electrons. The predicted molar refractivity (Wildman–Crippen MR) is 69.3 cm³/mol.